The molecule has 0 spiro atoms. The van der Waals surface area contributed by atoms with Gasteiger partial charge in [0.1, 0.15) is 0 Å². The summed E-state index contributed by atoms with van der Waals surface area (Å²) in [5.41, 5.74) is 2.04. The van der Waals surface area contributed by atoms with Crippen LogP contribution >= 0.6 is 0 Å². The van der Waals surface area contributed by atoms with Crippen molar-refractivity contribution in [2.45, 2.75) is 56.9 Å². The van der Waals surface area contributed by atoms with Gasteiger partial charge in [-0.15, -0.1) is 0 Å². The summed E-state index contributed by atoms with van der Waals surface area (Å²) in [6, 6.07) is 4.09. The van der Waals surface area contributed by atoms with Gasteiger partial charge in [0.25, 0.3) is 0 Å². The smallest absolute Gasteiger partial charge is 0.161 e. The molecule has 3 rings (SSSR count). The summed E-state index contributed by atoms with van der Waals surface area (Å²) in [4.78, 5) is 17.5. The predicted octanol–water partition coefficient (Wildman–Crippen LogP) is 2.60. The topological polar surface area (TPSA) is 42.0 Å². The fourth-order valence-corrected chi connectivity index (χ4v) is 3.78. The minimum Gasteiger partial charge on any atom is -0.305 e. The summed E-state index contributed by atoms with van der Waals surface area (Å²) in [7, 11) is 0. The van der Waals surface area contributed by atoms with Crippen molar-refractivity contribution in [3.05, 3.63) is 29.6 Å². The van der Waals surface area contributed by atoms with Gasteiger partial charge >= 0.3 is 0 Å². The molecule has 1 aliphatic heterocycles. The zero-order chi connectivity index (χ0) is 13.3. The second-order valence-electron chi connectivity index (χ2n) is 5.87. The Kier molecular flexibility index (Phi) is 3.40. The summed E-state index contributed by atoms with van der Waals surface area (Å²) in [6.07, 6.45) is 7.90. The third-order valence-corrected chi connectivity index (χ3v) is 4.67. The minimum atomic E-state index is -0.265. The van der Waals surface area contributed by atoms with Crippen LogP contribution < -0.4 is 5.32 Å². The largest absolute Gasteiger partial charge is 0.305 e. The lowest BCUT2D eigenvalue weighted by molar-refractivity contribution is -0.126. The van der Waals surface area contributed by atoms with Gasteiger partial charge in [0, 0.05) is 6.20 Å². The van der Waals surface area contributed by atoms with E-state index in [-0.39, 0.29) is 11.5 Å². The summed E-state index contributed by atoms with van der Waals surface area (Å²) in [5, 5.41) is 3.50. The van der Waals surface area contributed by atoms with E-state index in [1.165, 1.54) is 5.56 Å². The summed E-state index contributed by atoms with van der Waals surface area (Å²) in [6.45, 7) is 3.14. The van der Waals surface area contributed by atoms with E-state index in [0.29, 0.717) is 5.78 Å². The molecule has 2 aliphatic rings. The van der Waals surface area contributed by atoms with Gasteiger partial charge in [-0.2, -0.15) is 0 Å². The number of aromatic nitrogens is 1. The van der Waals surface area contributed by atoms with Crippen molar-refractivity contribution in [1.82, 2.24) is 10.3 Å². The van der Waals surface area contributed by atoms with Crippen molar-refractivity contribution in [3.63, 3.8) is 0 Å². The summed E-state index contributed by atoms with van der Waals surface area (Å²) >= 11 is 0. The van der Waals surface area contributed by atoms with Gasteiger partial charge in [-0.05, 0) is 50.3 Å². The molecule has 2 heterocycles. The van der Waals surface area contributed by atoms with Gasteiger partial charge in [-0.1, -0.05) is 19.4 Å². The van der Waals surface area contributed by atoms with Crippen LogP contribution in [-0.4, -0.2) is 22.9 Å². The molecule has 2 unspecified atom stereocenters. The molecule has 3 nitrogen and oxygen atoms in total. The molecule has 1 saturated heterocycles. The second-order valence-corrected chi connectivity index (χ2v) is 5.87. The first kappa shape index (κ1) is 12.8. The van der Waals surface area contributed by atoms with Crippen molar-refractivity contribution in [3.8, 4) is 0 Å². The van der Waals surface area contributed by atoms with Crippen molar-refractivity contribution >= 4 is 5.78 Å². The lowest BCUT2D eigenvalue weighted by atomic mass is 9.80. The molecule has 19 heavy (non-hydrogen) atoms. The van der Waals surface area contributed by atoms with Crippen LogP contribution in [0.2, 0.25) is 0 Å². The fraction of sp³-hybridized carbons (Fsp3) is 0.625. The highest BCUT2D eigenvalue weighted by atomic mass is 16.1. The molecule has 1 aromatic heterocycles. The number of carbonyl (C=O) groups excluding carboxylic acids is 1. The Balaban J connectivity index is 1.88. The van der Waals surface area contributed by atoms with E-state index in [4.69, 9.17) is 0 Å². The van der Waals surface area contributed by atoms with Crippen LogP contribution in [0.15, 0.2) is 18.3 Å². The van der Waals surface area contributed by atoms with Gasteiger partial charge in [0.05, 0.1) is 17.2 Å². The number of Topliss-reactive ketones (excluding diaryl/α,β-unsaturated/α-hetero) is 1. The van der Waals surface area contributed by atoms with E-state index in [1.807, 2.05) is 12.3 Å². The van der Waals surface area contributed by atoms with Crippen LogP contribution in [-0.2, 0) is 11.2 Å². The summed E-state index contributed by atoms with van der Waals surface area (Å²) in [5.74, 6) is 0.414. The number of pyridine rings is 1. The first-order valence-corrected chi connectivity index (χ1v) is 7.50. The highest BCUT2D eigenvalue weighted by Crippen LogP contribution is 2.38. The molecule has 1 aromatic rings. The number of ketones is 1. The Morgan fingerprint density at radius 2 is 2.47 bits per heavy atom. The van der Waals surface area contributed by atoms with E-state index in [0.717, 1.165) is 50.8 Å². The number of hydrogen-bond acceptors (Lipinski definition) is 3. The maximum absolute atomic E-state index is 13.0. The Labute approximate surface area is 114 Å². The molecule has 102 valence electrons. The van der Waals surface area contributed by atoms with E-state index in [2.05, 4.69) is 23.3 Å². The first-order valence-electron chi connectivity index (χ1n) is 7.50. The van der Waals surface area contributed by atoms with Crippen molar-refractivity contribution < 1.29 is 4.79 Å². The van der Waals surface area contributed by atoms with Gasteiger partial charge in [0.15, 0.2) is 5.78 Å². The zero-order valence-electron chi connectivity index (χ0n) is 11.6. The highest BCUT2D eigenvalue weighted by Gasteiger charge is 2.45. The Bertz CT molecular complexity index is 477. The Hall–Kier alpha value is -1.22. The van der Waals surface area contributed by atoms with Gasteiger partial charge in [-0.25, -0.2) is 0 Å². The quantitative estimate of drug-likeness (QED) is 0.902. The average Bonchev–Trinajstić information content (AvgIpc) is 3.05. The maximum Gasteiger partial charge on any atom is 0.161 e. The number of fused-ring (bicyclic) bond motifs is 1. The second kappa shape index (κ2) is 5.04. The highest BCUT2D eigenvalue weighted by molar-refractivity contribution is 5.95. The molecule has 1 fully saturated rings. The van der Waals surface area contributed by atoms with Crippen molar-refractivity contribution in [1.29, 1.82) is 0 Å². The molecule has 0 saturated carbocycles. The molecular formula is C16H22N2O. The molecule has 2 atom stereocenters. The van der Waals surface area contributed by atoms with Crippen LogP contribution in [0.4, 0.5) is 0 Å². The zero-order valence-corrected chi connectivity index (χ0v) is 11.6. The lowest BCUT2D eigenvalue weighted by Crippen LogP contribution is -2.49. The maximum atomic E-state index is 13.0. The number of carbonyl (C=O) groups is 1. The molecule has 0 radical (unpaired) electrons. The van der Waals surface area contributed by atoms with E-state index in [1.54, 1.807) is 0 Å². The fourth-order valence-electron chi connectivity index (χ4n) is 3.78. The molecule has 1 aliphatic carbocycles. The Morgan fingerprint density at radius 1 is 1.58 bits per heavy atom. The van der Waals surface area contributed by atoms with E-state index >= 15 is 0 Å². The molecule has 0 bridgehead atoms. The van der Waals surface area contributed by atoms with E-state index in [9.17, 15) is 4.79 Å². The van der Waals surface area contributed by atoms with Crippen LogP contribution in [0.3, 0.4) is 0 Å². The molecule has 3 heteroatoms. The van der Waals surface area contributed by atoms with Gasteiger partial charge in [-0.3, -0.25) is 9.78 Å². The van der Waals surface area contributed by atoms with Gasteiger partial charge < -0.3 is 5.32 Å². The Morgan fingerprint density at radius 3 is 3.21 bits per heavy atom. The number of nitrogens with one attached hydrogen (secondary N) is 1. The monoisotopic (exact) mass is 258 g/mol. The van der Waals surface area contributed by atoms with Crippen molar-refractivity contribution in [2.24, 2.45) is 0 Å². The SMILES string of the molecule is CCCC1(C(=O)C2CCc3cccnc32)CCCN1. The van der Waals surface area contributed by atoms with Crippen LogP contribution in [0, 0.1) is 0 Å². The molecule has 0 amide bonds. The minimum absolute atomic E-state index is 0.0216. The number of nitrogens with zero attached hydrogens (tertiary/aromatic N) is 1. The normalized spacial score (nSPS) is 29.4. The average molecular weight is 258 g/mol. The molecule has 1 N–H and O–H groups in total. The third kappa shape index (κ3) is 2.10. The molecule has 0 aromatic carbocycles. The lowest BCUT2D eigenvalue weighted by Gasteiger charge is -2.30. The van der Waals surface area contributed by atoms with Gasteiger partial charge in [0.2, 0.25) is 0 Å². The first-order chi connectivity index (χ1) is 9.27. The van der Waals surface area contributed by atoms with Crippen LogP contribution in [0.1, 0.15) is 56.2 Å². The number of aryl methyl sites for hydroxylation is 1. The number of rotatable bonds is 4. The standard InChI is InChI=1S/C16H22N2O/c1-2-8-16(9-4-11-18-16)15(19)13-7-6-12-5-3-10-17-14(12)13/h3,5,10,13,18H,2,4,6-9,11H2,1H3. The summed E-state index contributed by atoms with van der Waals surface area (Å²) < 4.78 is 0. The van der Waals surface area contributed by atoms with E-state index < -0.39 is 0 Å². The van der Waals surface area contributed by atoms with Crippen LogP contribution in [0.5, 0.6) is 0 Å². The van der Waals surface area contributed by atoms with Crippen LogP contribution in [0.25, 0.3) is 0 Å². The number of hydrogen-bond donors (Lipinski definition) is 1. The molecular weight excluding hydrogens is 236 g/mol. The third-order valence-electron chi connectivity index (χ3n) is 4.67. The van der Waals surface area contributed by atoms with Crippen molar-refractivity contribution in [2.75, 3.05) is 6.54 Å². The predicted molar refractivity (Wildman–Crippen MR) is 75.2 cm³/mol.